The average molecular weight is 406 g/mol. The van der Waals surface area contributed by atoms with Gasteiger partial charge in [0, 0.05) is 24.2 Å². The molecular weight excluding hydrogens is 384 g/mol. The molecule has 0 unspecified atom stereocenters. The molecule has 2 amide bonds. The Morgan fingerprint density at radius 1 is 0.667 bits per heavy atom. The molecule has 0 aliphatic carbocycles. The van der Waals surface area contributed by atoms with Gasteiger partial charge in [-0.25, -0.2) is 0 Å². The van der Waals surface area contributed by atoms with Crippen molar-refractivity contribution in [2.45, 2.75) is 0 Å². The van der Waals surface area contributed by atoms with E-state index in [0.717, 1.165) is 24.2 Å². The minimum atomic E-state index is -0.251. The predicted molar refractivity (Wildman–Crippen MR) is 114 cm³/mol. The predicted octanol–water partition coefficient (Wildman–Crippen LogP) is -0.259. The summed E-state index contributed by atoms with van der Waals surface area (Å²) in [6.45, 7) is 2.90. The standard InChI is InChI=1S/C20H22N8O2/c29-17(25-27-19-21-9-10-22-19)15-5-1-13(2-6-15)14-3-7-16(8-4-14)18(30)26-28-20-23-11-12-24-20/h1-8H,9-12H2,(H,25,29)(H,26,30)(H2,21,22,27)(H2,23,24,28). The molecule has 10 nitrogen and oxygen atoms in total. The molecule has 0 bridgehead atoms. The van der Waals surface area contributed by atoms with Crippen LogP contribution in [0.3, 0.4) is 0 Å². The minimum Gasteiger partial charge on any atom is -0.353 e. The molecule has 2 aromatic carbocycles. The van der Waals surface area contributed by atoms with Gasteiger partial charge in [-0.2, -0.15) is 0 Å². The number of nitrogens with one attached hydrogen (secondary N) is 6. The van der Waals surface area contributed by atoms with Gasteiger partial charge >= 0.3 is 0 Å². The first kappa shape index (κ1) is 19.2. The van der Waals surface area contributed by atoms with Crippen LogP contribution in [-0.2, 0) is 0 Å². The topological polar surface area (TPSA) is 131 Å². The summed E-state index contributed by atoms with van der Waals surface area (Å²) in [4.78, 5) is 32.7. The van der Waals surface area contributed by atoms with Crippen molar-refractivity contribution in [3.63, 3.8) is 0 Å². The van der Waals surface area contributed by atoms with Gasteiger partial charge in [0.25, 0.3) is 11.8 Å². The van der Waals surface area contributed by atoms with Crippen molar-refractivity contribution in [2.75, 3.05) is 26.2 Å². The normalized spacial score (nSPS) is 14.7. The van der Waals surface area contributed by atoms with E-state index in [4.69, 9.17) is 0 Å². The van der Waals surface area contributed by atoms with E-state index >= 15 is 0 Å². The number of aliphatic imine (C=N–C) groups is 2. The van der Waals surface area contributed by atoms with E-state index in [-0.39, 0.29) is 11.8 Å². The molecule has 4 rings (SSSR count). The number of benzene rings is 2. The number of hydrogen-bond acceptors (Lipinski definition) is 8. The van der Waals surface area contributed by atoms with Crippen molar-refractivity contribution < 1.29 is 9.59 Å². The summed E-state index contributed by atoms with van der Waals surface area (Å²) >= 11 is 0. The first-order chi connectivity index (χ1) is 14.7. The third-order valence-electron chi connectivity index (χ3n) is 4.56. The largest absolute Gasteiger partial charge is 0.353 e. The first-order valence-electron chi connectivity index (χ1n) is 9.59. The van der Waals surface area contributed by atoms with E-state index in [9.17, 15) is 9.59 Å². The Balaban J connectivity index is 1.33. The van der Waals surface area contributed by atoms with Gasteiger partial charge in [-0.1, -0.05) is 24.3 Å². The van der Waals surface area contributed by atoms with Crippen molar-refractivity contribution in [3.05, 3.63) is 59.7 Å². The van der Waals surface area contributed by atoms with Gasteiger partial charge in [0.1, 0.15) is 0 Å². The second-order valence-corrected chi connectivity index (χ2v) is 6.63. The summed E-state index contributed by atoms with van der Waals surface area (Å²) in [6.07, 6.45) is 0. The Bertz CT molecular complexity index is 901. The number of amides is 2. The smallest absolute Gasteiger partial charge is 0.269 e. The zero-order valence-electron chi connectivity index (χ0n) is 16.2. The number of guanidine groups is 2. The maximum atomic E-state index is 12.2. The van der Waals surface area contributed by atoms with Gasteiger partial charge in [0.15, 0.2) is 0 Å². The fraction of sp³-hybridized carbons (Fsp3) is 0.200. The molecule has 2 aromatic rings. The number of carbonyl (C=O) groups is 2. The van der Waals surface area contributed by atoms with E-state index in [2.05, 4.69) is 42.3 Å². The lowest BCUT2D eigenvalue weighted by atomic mass is 10.0. The molecule has 2 heterocycles. The molecule has 0 atom stereocenters. The highest BCUT2D eigenvalue weighted by Gasteiger charge is 2.10. The van der Waals surface area contributed by atoms with Crippen molar-refractivity contribution in [3.8, 4) is 11.1 Å². The Morgan fingerprint density at radius 3 is 1.40 bits per heavy atom. The maximum Gasteiger partial charge on any atom is 0.269 e. The number of nitrogens with zero attached hydrogens (tertiary/aromatic N) is 2. The summed E-state index contributed by atoms with van der Waals surface area (Å²) in [5.74, 6) is 0.622. The quantitative estimate of drug-likeness (QED) is 0.390. The summed E-state index contributed by atoms with van der Waals surface area (Å²) < 4.78 is 0. The monoisotopic (exact) mass is 406 g/mol. The summed E-state index contributed by atoms with van der Waals surface area (Å²) in [6, 6.07) is 14.4. The number of rotatable bonds is 3. The van der Waals surface area contributed by atoms with Crippen molar-refractivity contribution in [1.29, 1.82) is 0 Å². The molecule has 2 aliphatic rings. The molecule has 0 radical (unpaired) electrons. The Kier molecular flexibility index (Phi) is 5.74. The molecule has 6 N–H and O–H groups in total. The molecule has 0 saturated carbocycles. The molecule has 0 aromatic heterocycles. The fourth-order valence-corrected chi connectivity index (χ4v) is 2.97. The van der Waals surface area contributed by atoms with Crippen LogP contribution in [0.5, 0.6) is 0 Å². The number of hydrogen-bond donors (Lipinski definition) is 6. The van der Waals surface area contributed by atoms with Gasteiger partial charge in [0.2, 0.25) is 11.9 Å². The molecule has 10 heteroatoms. The fourth-order valence-electron chi connectivity index (χ4n) is 2.97. The van der Waals surface area contributed by atoms with Gasteiger partial charge in [0.05, 0.1) is 13.1 Å². The molecule has 0 saturated heterocycles. The highest BCUT2D eigenvalue weighted by molar-refractivity contribution is 5.97. The third-order valence-corrected chi connectivity index (χ3v) is 4.56. The van der Waals surface area contributed by atoms with E-state index in [1.807, 2.05) is 24.3 Å². The average Bonchev–Trinajstić information content (AvgIpc) is 3.50. The minimum absolute atomic E-state index is 0.251. The van der Waals surface area contributed by atoms with Crippen LogP contribution < -0.4 is 32.3 Å². The van der Waals surface area contributed by atoms with E-state index in [1.165, 1.54) is 0 Å². The van der Waals surface area contributed by atoms with E-state index < -0.39 is 0 Å². The zero-order valence-corrected chi connectivity index (χ0v) is 16.2. The van der Waals surface area contributed by atoms with Gasteiger partial charge in [-0.05, 0) is 35.4 Å². The molecule has 2 aliphatic heterocycles. The maximum absolute atomic E-state index is 12.2. The second-order valence-electron chi connectivity index (χ2n) is 6.63. The molecule has 0 spiro atoms. The zero-order chi connectivity index (χ0) is 20.8. The summed E-state index contributed by atoms with van der Waals surface area (Å²) in [5.41, 5.74) is 13.7. The van der Waals surface area contributed by atoms with Gasteiger partial charge in [-0.3, -0.25) is 41.3 Å². The summed E-state index contributed by atoms with van der Waals surface area (Å²) in [5, 5.41) is 6.02. The van der Waals surface area contributed by atoms with Crippen LogP contribution in [0, 0.1) is 0 Å². The Morgan fingerprint density at radius 2 is 1.07 bits per heavy atom. The van der Waals surface area contributed by atoms with Crippen molar-refractivity contribution >= 4 is 23.7 Å². The lowest BCUT2D eigenvalue weighted by molar-refractivity contribution is 0.0935. The summed E-state index contributed by atoms with van der Waals surface area (Å²) in [7, 11) is 0. The van der Waals surface area contributed by atoms with E-state index in [0.29, 0.717) is 36.1 Å². The van der Waals surface area contributed by atoms with Crippen LogP contribution >= 0.6 is 0 Å². The second kappa shape index (κ2) is 8.95. The van der Waals surface area contributed by atoms with Crippen molar-refractivity contribution in [2.24, 2.45) is 9.98 Å². The highest BCUT2D eigenvalue weighted by atomic mass is 16.2. The lowest BCUT2D eigenvalue weighted by Crippen LogP contribution is -2.46. The van der Waals surface area contributed by atoms with Crippen molar-refractivity contribution in [1.82, 2.24) is 32.3 Å². The van der Waals surface area contributed by atoms with Gasteiger partial charge in [-0.15, -0.1) is 0 Å². The SMILES string of the molecule is O=C(NNC1=NCCN1)c1ccc(-c2ccc(C(=O)NNC3=NCCN3)cc2)cc1. The Labute approximate surface area is 173 Å². The first-order valence-corrected chi connectivity index (χ1v) is 9.59. The number of carbonyl (C=O) groups excluding carboxylic acids is 2. The van der Waals surface area contributed by atoms with Crippen LogP contribution in [0.1, 0.15) is 20.7 Å². The van der Waals surface area contributed by atoms with Crippen LogP contribution in [0.4, 0.5) is 0 Å². The molecule has 154 valence electrons. The van der Waals surface area contributed by atoms with Crippen LogP contribution in [0.25, 0.3) is 11.1 Å². The van der Waals surface area contributed by atoms with Gasteiger partial charge < -0.3 is 10.6 Å². The molecule has 30 heavy (non-hydrogen) atoms. The molecular formula is C20H22N8O2. The molecule has 0 fully saturated rings. The van der Waals surface area contributed by atoms with Crippen LogP contribution in [0.2, 0.25) is 0 Å². The van der Waals surface area contributed by atoms with Crippen LogP contribution in [-0.4, -0.2) is 49.9 Å². The highest BCUT2D eigenvalue weighted by Crippen LogP contribution is 2.20. The van der Waals surface area contributed by atoms with Crippen LogP contribution in [0.15, 0.2) is 58.5 Å². The Hall–Kier alpha value is -4.08. The third kappa shape index (κ3) is 4.66. The lowest BCUT2D eigenvalue weighted by Gasteiger charge is -2.10. The number of hydrazine groups is 2. The van der Waals surface area contributed by atoms with E-state index in [1.54, 1.807) is 24.3 Å².